The lowest BCUT2D eigenvalue weighted by Gasteiger charge is -2.38. The van der Waals surface area contributed by atoms with Crippen LogP contribution in [0, 0.1) is 5.41 Å². The van der Waals surface area contributed by atoms with E-state index in [0.717, 1.165) is 13.1 Å². The molecule has 2 saturated heterocycles. The predicted octanol–water partition coefficient (Wildman–Crippen LogP) is 1.53. The van der Waals surface area contributed by atoms with Crippen molar-refractivity contribution in [2.24, 2.45) is 5.41 Å². The lowest BCUT2D eigenvalue weighted by atomic mass is 9.73. The molecule has 1 atom stereocenters. The highest BCUT2D eigenvalue weighted by atomic mass is 14.9. The molecule has 1 unspecified atom stereocenters. The molecule has 0 aromatic carbocycles. The van der Waals surface area contributed by atoms with Gasteiger partial charge in [-0.15, -0.1) is 0 Å². The van der Waals surface area contributed by atoms with Crippen molar-refractivity contribution in [1.82, 2.24) is 10.6 Å². The van der Waals surface area contributed by atoms with Gasteiger partial charge in [0, 0.05) is 13.1 Å². The lowest BCUT2D eigenvalue weighted by Crippen LogP contribution is -2.40. The molecule has 1 N–H and O–H groups in total. The Balaban J connectivity index is 1.91. The van der Waals surface area contributed by atoms with Crippen LogP contribution in [0.4, 0.5) is 0 Å². The lowest BCUT2D eigenvalue weighted by molar-refractivity contribution is 0.159. The maximum Gasteiger partial charge on any atom is 0.0190 e. The summed E-state index contributed by atoms with van der Waals surface area (Å²) in [5.41, 5.74) is 0.603. The van der Waals surface area contributed by atoms with Gasteiger partial charge in [0.15, 0.2) is 0 Å². The maximum absolute atomic E-state index is 4.60. The quantitative estimate of drug-likeness (QED) is 0.602. The van der Waals surface area contributed by atoms with Crippen molar-refractivity contribution < 1.29 is 0 Å². The summed E-state index contributed by atoms with van der Waals surface area (Å²) < 4.78 is 0. The third-order valence-corrected chi connectivity index (χ3v) is 3.61. The topological polar surface area (TPSA) is 26.1 Å². The summed E-state index contributed by atoms with van der Waals surface area (Å²) in [6.07, 6.45) is 8.32. The molecule has 2 aliphatic rings. The first-order valence-electron chi connectivity index (χ1n) is 5.75. The van der Waals surface area contributed by atoms with E-state index in [1.165, 1.54) is 51.6 Å². The normalized spacial score (nSPS) is 36.9. The van der Waals surface area contributed by atoms with Crippen LogP contribution in [0.5, 0.6) is 0 Å². The number of hydrogen-bond donors (Lipinski definition) is 1. The highest BCUT2D eigenvalue weighted by Crippen LogP contribution is 2.36. The zero-order valence-corrected chi connectivity index (χ0v) is 8.52. The van der Waals surface area contributed by atoms with Gasteiger partial charge in [-0.25, -0.2) is 5.32 Å². The van der Waals surface area contributed by atoms with E-state index in [4.69, 9.17) is 0 Å². The van der Waals surface area contributed by atoms with Crippen LogP contribution in [0.25, 0.3) is 0 Å². The second-order valence-electron chi connectivity index (χ2n) is 4.67. The minimum absolute atomic E-state index is 0.603. The Hall–Kier alpha value is -0.0800. The maximum atomic E-state index is 4.60. The third kappa shape index (κ3) is 2.44. The van der Waals surface area contributed by atoms with E-state index in [0.29, 0.717) is 5.41 Å². The highest BCUT2D eigenvalue weighted by Gasteiger charge is 2.31. The van der Waals surface area contributed by atoms with Gasteiger partial charge >= 0.3 is 0 Å². The number of nitrogens with zero attached hydrogens (tertiary/aromatic N) is 1. The van der Waals surface area contributed by atoms with E-state index < -0.39 is 0 Å². The molecule has 0 aliphatic carbocycles. The summed E-state index contributed by atoms with van der Waals surface area (Å²) >= 11 is 0. The Kier molecular flexibility index (Phi) is 3.23. The van der Waals surface area contributed by atoms with Crippen LogP contribution in [-0.2, 0) is 0 Å². The molecule has 2 heteroatoms. The van der Waals surface area contributed by atoms with E-state index in [9.17, 15) is 0 Å². The molecule has 0 aromatic rings. The largest absolute Gasteiger partial charge is 0.317 e. The molecule has 1 radical (unpaired) electrons. The Morgan fingerprint density at radius 2 is 1.85 bits per heavy atom. The summed E-state index contributed by atoms with van der Waals surface area (Å²) in [4.78, 5) is 0. The molecule has 2 fully saturated rings. The van der Waals surface area contributed by atoms with Gasteiger partial charge < -0.3 is 5.32 Å². The van der Waals surface area contributed by atoms with E-state index in [-0.39, 0.29) is 0 Å². The number of rotatable bonds is 0. The van der Waals surface area contributed by atoms with Crippen LogP contribution in [0.3, 0.4) is 0 Å². The van der Waals surface area contributed by atoms with Crippen molar-refractivity contribution in [2.45, 2.75) is 38.5 Å². The predicted molar refractivity (Wildman–Crippen MR) is 54.9 cm³/mol. The van der Waals surface area contributed by atoms with Gasteiger partial charge in [0.05, 0.1) is 0 Å². The minimum atomic E-state index is 0.603. The van der Waals surface area contributed by atoms with Gasteiger partial charge in [-0.05, 0) is 50.6 Å². The molecular formula is C11H21N2. The molecule has 0 bridgehead atoms. The molecule has 1 spiro atoms. The van der Waals surface area contributed by atoms with Gasteiger partial charge in [-0.2, -0.15) is 0 Å². The zero-order chi connectivity index (χ0) is 8.99. The van der Waals surface area contributed by atoms with E-state index in [1.54, 1.807) is 0 Å². The van der Waals surface area contributed by atoms with Crippen LogP contribution in [0.2, 0.25) is 0 Å². The van der Waals surface area contributed by atoms with E-state index in [2.05, 4.69) is 10.6 Å². The number of hydrogen-bond acceptors (Lipinski definition) is 1. The van der Waals surface area contributed by atoms with Crippen LogP contribution in [0.1, 0.15) is 38.5 Å². The van der Waals surface area contributed by atoms with Crippen molar-refractivity contribution in [1.29, 1.82) is 0 Å². The smallest absolute Gasteiger partial charge is 0.0190 e. The van der Waals surface area contributed by atoms with Crippen LogP contribution < -0.4 is 10.6 Å². The summed E-state index contributed by atoms with van der Waals surface area (Å²) in [7, 11) is 0. The first kappa shape index (κ1) is 9.47. The molecule has 2 nitrogen and oxygen atoms in total. The van der Waals surface area contributed by atoms with Crippen LogP contribution in [0.15, 0.2) is 0 Å². The first-order chi connectivity index (χ1) is 6.41. The molecular weight excluding hydrogens is 160 g/mol. The average Bonchev–Trinajstić information content (AvgIpc) is 2.14. The number of nitrogens with one attached hydrogen (secondary N) is 1. The SMILES string of the molecule is C1CCC2(CCC[N]C2)CCNC1. The summed E-state index contributed by atoms with van der Waals surface area (Å²) in [6.45, 7) is 4.71. The molecule has 0 aromatic heterocycles. The third-order valence-electron chi connectivity index (χ3n) is 3.61. The van der Waals surface area contributed by atoms with Crippen molar-refractivity contribution in [3.8, 4) is 0 Å². The molecule has 2 aliphatic heterocycles. The zero-order valence-electron chi connectivity index (χ0n) is 8.52. The summed E-state index contributed by atoms with van der Waals surface area (Å²) in [5, 5.41) is 8.12. The minimum Gasteiger partial charge on any atom is -0.317 e. The second-order valence-corrected chi connectivity index (χ2v) is 4.67. The molecule has 2 rings (SSSR count). The fourth-order valence-electron chi connectivity index (χ4n) is 2.72. The molecule has 75 valence electrons. The fourth-order valence-corrected chi connectivity index (χ4v) is 2.72. The van der Waals surface area contributed by atoms with Gasteiger partial charge in [-0.1, -0.05) is 6.42 Å². The Labute approximate surface area is 81.5 Å². The van der Waals surface area contributed by atoms with Crippen molar-refractivity contribution in [2.75, 3.05) is 26.2 Å². The van der Waals surface area contributed by atoms with Crippen molar-refractivity contribution in [3.05, 3.63) is 0 Å². The Morgan fingerprint density at radius 1 is 0.923 bits per heavy atom. The van der Waals surface area contributed by atoms with Gasteiger partial charge in [0.1, 0.15) is 0 Å². The standard InChI is InChI=1S/C11H21N2/c1-2-7-12-9-6-11(4-1)5-3-8-13-10-11/h12H,1-10H2. The van der Waals surface area contributed by atoms with Crippen LogP contribution in [-0.4, -0.2) is 26.2 Å². The summed E-state index contributed by atoms with van der Waals surface area (Å²) in [5.74, 6) is 0. The average molecular weight is 181 g/mol. The molecule has 0 amide bonds. The van der Waals surface area contributed by atoms with Gasteiger partial charge in [0.2, 0.25) is 0 Å². The monoisotopic (exact) mass is 181 g/mol. The van der Waals surface area contributed by atoms with Gasteiger partial charge in [0.25, 0.3) is 0 Å². The highest BCUT2D eigenvalue weighted by molar-refractivity contribution is 4.86. The Morgan fingerprint density at radius 3 is 2.69 bits per heavy atom. The second kappa shape index (κ2) is 4.43. The van der Waals surface area contributed by atoms with Gasteiger partial charge in [-0.3, -0.25) is 0 Å². The molecule has 2 heterocycles. The fraction of sp³-hybridized carbons (Fsp3) is 1.00. The van der Waals surface area contributed by atoms with Crippen molar-refractivity contribution in [3.63, 3.8) is 0 Å². The number of piperidine rings is 1. The van der Waals surface area contributed by atoms with Crippen molar-refractivity contribution >= 4 is 0 Å². The summed E-state index contributed by atoms with van der Waals surface area (Å²) in [6, 6.07) is 0. The molecule has 0 saturated carbocycles. The van der Waals surface area contributed by atoms with E-state index >= 15 is 0 Å². The van der Waals surface area contributed by atoms with Crippen LogP contribution >= 0.6 is 0 Å². The Bertz CT molecular complexity index is 140. The molecule has 13 heavy (non-hydrogen) atoms. The first-order valence-corrected chi connectivity index (χ1v) is 5.75. The van der Waals surface area contributed by atoms with E-state index in [1.807, 2.05) is 0 Å².